The standard InChI is InChI=1S/C17H20ClNO/c1-3-10-19-12-14-8-9-15(11-13(14)2)20-17-7-5-4-6-16(17)18/h4-9,11,19H,3,10,12H2,1-2H3. The summed E-state index contributed by atoms with van der Waals surface area (Å²) in [6.45, 7) is 6.20. The van der Waals surface area contributed by atoms with E-state index in [0.717, 1.165) is 25.3 Å². The van der Waals surface area contributed by atoms with Crippen LogP contribution in [0, 0.1) is 6.92 Å². The van der Waals surface area contributed by atoms with Gasteiger partial charge in [0.25, 0.3) is 0 Å². The lowest BCUT2D eigenvalue weighted by molar-refractivity contribution is 0.482. The lowest BCUT2D eigenvalue weighted by atomic mass is 10.1. The van der Waals surface area contributed by atoms with Crippen molar-refractivity contribution in [2.24, 2.45) is 0 Å². The molecule has 0 bridgehead atoms. The van der Waals surface area contributed by atoms with Crippen molar-refractivity contribution in [1.82, 2.24) is 5.32 Å². The maximum atomic E-state index is 6.09. The average Bonchev–Trinajstić information content (AvgIpc) is 2.44. The van der Waals surface area contributed by atoms with Crippen LogP contribution in [0.4, 0.5) is 0 Å². The first kappa shape index (κ1) is 14.9. The molecule has 0 heterocycles. The minimum absolute atomic E-state index is 0.624. The Kier molecular flexibility index (Phi) is 5.45. The highest BCUT2D eigenvalue weighted by molar-refractivity contribution is 6.32. The fourth-order valence-electron chi connectivity index (χ4n) is 1.98. The van der Waals surface area contributed by atoms with E-state index in [1.807, 2.05) is 36.4 Å². The summed E-state index contributed by atoms with van der Waals surface area (Å²) in [5.41, 5.74) is 2.52. The molecule has 2 aromatic carbocycles. The normalized spacial score (nSPS) is 10.6. The molecule has 2 rings (SSSR count). The smallest absolute Gasteiger partial charge is 0.146 e. The van der Waals surface area contributed by atoms with Gasteiger partial charge in [0.1, 0.15) is 11.5 Å². The van der Waals surface area contributed by atoms with E-state index in [4.69, 9.17) is 16.3 Å². The maximum absolute atomic E-state index is 6.09. The largest absolute Gasteiger partial charge is 0.456 e. The third-order valence-electron chi connectivity index (χ3n) is 3.12. The molecule has 0 fully saturated rings. The van der Waals surface area contributed by atoms with Gasteiger partial charge in [0.15, 0.2) is 0 Å². The molecule has 0 amide bonds. The van der Waals surface area contributed by atoms with Crippen molar-refractivity contribution >= 4 is 11.6 Å². The molecular weight excluding hydrogens is 270 g/mol. The molecule has 20 heavy (non-hydrogen) atoms. The molecule has 0 unspecified atom stereocenters. The molecule has 0 saturated heterocycles. The fourth-order valence-corrected chi connectivity index (χ4v) is 2.16. The third kappa shape index (κ3) is 3.99. The Labute approximate surface area is 125 Å². The van der Waals surface area contributed by atoms with Crippen LogP contribution >= 0.6 is 11.6 Å². The molecule has 2 aromatic rings. The van der Waals surface area contributed by atoms with Crippen molar-refractivity contribution < 1.29 is 4.74 Å². The summed E-state index contributed by atoms with van der Waals surface area (Å²) in [7, 11) is 0. The summed E-state index contributed by atoms with van der Waals surface area (Å²) in [6.07, 6.45) is 1.15. The van der Waals surface area contributed by atoms with E-state index in [1.165, 1.54) is 11.1 Å². The van der Waals surface area contributed by atoms with Crippen LogP contribution in [0.15, 0.2) is 42.5 Å². The third-order valence-corrected chi connectivity index (χ3v) is 3.43. The summed E-state index contributed by atoms with van der Waals surface area (Å²) in [6, 6.07) is 13.6. The number of halogens is 1. The number of hydrogen-bond acceptors (Lipinski definition) is 2. The molecule has 3 heteroatoms. The zero-order valence-electron chi connectivity index (χ0n) is 11.9. The van der Waals surface area contributed by atoms with Gasteiger partial charge < -0.3 is 10.1 Å². The van der Waals surface area contributed by atoms with E-state index in [-0.39, 0.29) is 0 Å². The summed E-state index contributed by atoms with van der Waals surface area (Å²) in [4.78, 5) is 0. The predicted molar refractivity (Wildman–Crippen MR) is 84.7 cm³/mol. The highest BCUT2D eigenvalue weighted by Gasteiger charge is 2.04. The lowest BCUT2D eigenvalue weighted by Gasteiger charge is -2.11. The average molecular weight is 290 g/mol. The van der Waals surface area contributed by atoms with Crippen LogP contribution in [-0.4, -0.2) is 6.54 Å². The Bertz CT molecular complexity index is 569. The zero-order valence-corrected chi connectivity index (χ0v) is 12.7. The fraction of sp³-hybridized carbons (Fsp3) is 0.294. The van der Waals surface area contributed by atoms with Gasteiger partial charge in [0, 0.05) is 6.54 Å². The van der Waals surface area contributed by atoms with Crippen molar-refractivity contribution in [1.29, 1.82) is 0 Å². The molecule has 0 aliphatic carbocycles. The van der Waals surface area contributed by atoms with Crippen LogP contribution in [0.5, 0.6) is 11.5 Å². The van der Waals surface area contributed by atoms with E-state index in [1.54, 1.807) is 0 Å². The van der Waals surface area contributed by atoms with E-state index >= 15 is 0 Å². The molecule has 2 nitrogen and oxygen atoms in total. The summed E-state index contributed by atoms with van der Waals surface area (Å²) >= 11 is 6.09. The maximum Gasteiger partial charge on any atom is 0.146 e. The number of ether oxygens (including phenoxy) is 1. The van der Waals surface area contributed by atoms with E-state index in [0.29, 0.717) is 10.8 Å². The van der Waals surface area contributed by atoms with Crippen molar-refractivity contribution in [3.8, 4) is 11.5 Å². The Morgan fingerprint density at radius 1 is 1.15 bits per heavy atom. The van der Waals surface area contributed by atoms with Crippen LogP contribution in [0.25, 0.3) is 0 Å². The van der Waals surface area contributed by atoms with Gasteiger partial charge in [0.2, 0.25) is 0 Å². The zero-order chi connectivity index (χ0) is 14.4. The van der Waals surface area contributed by atoms with Crippen molar-refractivity contribution in [3.05, 3.63) is 58.6 Å². The van der Waals surface area contributed by atoms with Gasteiger partial charge >= 0.3 is 0 Å². The Morgan fingerprint density at radius 2 is 1.95 bits per heavy atom. The second kappa shape index (κ2) is 7.32. The molecule has 0 aliphatic rings. The molecule has 0 aromatic heterocycles. The molecule has 0 spiro atoms. The van der Waals surface area contributed by atoms with Crippen LogP contribution in [-0.2, 0) is 6.54 Å². The van der Waals surface area contributed by atoms with E-state index in [9.17, 15) is 0 Å². The first-order chi connectivity index (χ1) is 9.70. The van der Waals surface area contributed by atoms with Gasteiger partial charge in [-0.3, -0.25) is 0 Å². The minimum Gasteiger partial charge on any atom is -0.456 e. The molecular formula is C17H20ClNO. The van der Waals surface area contributed by atoms with Gasteiger partial charge in [-0.1, -0.05) is 36.7 Å². The highest BCUT2D eigenvalue weighted by Crippen LogP contribution is 2.29. The number of benzene rings is 2. The topological polar surface area (TPSA) is 21.3 Å². The first-order valence-electron chi connectivity index (χ1n) is 6.93. The number of para-hydroxylation sites is 1. The lowest BCUT2D eigenvalue weighted by Crippen LogP contribution is -2.14. The summed E-state index contributed by atoms with van der Waals surface area (Å²) < 4.78 is 5.82. The minimum atomic E-state index is 0.624. The number of rotatable bonds is 6. The number of hydrogen-bond donors (Lipinski definition) is 1. The Morgan fingerprint density at radius 3 is 2.65 bits per heavy atom. The van der Waals surface area contributed by atoms with Crippen molar-refractivity contribution in [3.63, 3.8) is 0 Å². The molecule has 0 atom stereocenters. The van der Waals surface area contributed by atoms with E-state index in [2.05, 4.69) is 25.2 Å². The van der Waals surface area contributed by atoms with Crippen LogP contribution < -0.4 is 10.1 Å². The Balaban J connectivity index is 2.07. The van der Waals surface area contributed by atoms with Crippen LogP contribution in [0.3, 0.4) is 0 Å². The van der Waals surface area contributed by atoms with Gasteiger partial charge in [-0.05, 0) is 55.3 Å². The quantitative estimate of drug-likeness (QED) is 0.761. The number of aryl methyl sites for hydroxylation is 1. The Hall–Kier alpha value is -1.51. The van der Waals surface area contributed by atoms with Gasteiger partial charge in [0.05, 0.1) is 5.02 Å². The van der Waals surface area contributed by atoms with Gasteiger partial charge in [-0.2, -0.15) is 0 Å². The first-order valence-corrected chi connectivity index (χ1v) is 7.31. The monoisotopic (exact) mass is 289 g/mol. The molecule has 106 valence electrons. The van der Waals surface area contributed by atoms with E-state index < -0.39 is 0 Å². The molecule has 0 saturated carbocycles. The van der Waals surface area contributed by atoms with Gasteiger partial charge in [-0.15, -0.1) is 0 Å². The highest BCUT2D eigenvalue weighted by atomic mass is 35.5. The molecule has 1 N–H and O–H groups in total. The summed E-state index contributed by atoms with van der Waals surface area (Å²) in [5.74, 6) is 1.50. The molecule has 0 aliphatic heterocycles. The molecule has 0 radical (unpaired) electrons. The van der Waals surface area contributed by atoms with Crippen molar-refractivity contribution in [2.75, 3.05) is 6.54 Å². The SMILES string of the molecule is CCCNCc1ccc(Oc2ccccc2Cl)cc1C. The van der Waals surface area contributed by atoms with Gasteiger partial charge in [-0.25, -0.2) is 0 Å². The second-order valence-corrected chi connectivity index (χ2v) is 5.20. The van der Waals surface area contributed by atoms with Crippen LogP contribution in [0.1, 0.15) is 24.5 Å². The van der Waals surface area contributed by atoms with Crippen LogP contribution in [0.2, 0.25) is 5.02 Å². The summed E-state index contributed by atoms with van der Waals surface area (Å²) in [5, 5.41) is 4.03. The second-order valence-electron chi connectivity index (χ2n) is 4.80. The number of nitrogens with one attached hydrogen (secondary N) is 1. The predicted octanol–water partition coefficient (Wildman–Crippen LogP) is 4.94. The van der Waals surface area contributed by atoms with Crippen molar-refractivity contribution in [2.45, 2.75) is 26.8 Å².